The molecule has 0 spiro atoms. The van der Waals surface area contributed by atoms with Crippen LogP contribution in [0.15, 0.2) is 57.7 Å². The van der Waals surface area contributed by atoms with E-state index in [0.717, 1.165) is 14.5 Å². The van der Waals surface area contributed by atoms with Crippen LogP contribution in [0.4, 0.5) is 10.6 Å². The molecule has 2 rings (SSSR count). The van der Waals surface area contributed by atoms with Crippen LogP contribution in [-0.2, 0) is 0 Å². The lowest BCUT2D eigenvalue weighted by atomic mass is 10.2. The van der Waals surface area contributed by atoms with Crippen LogP contribution in [0, 0.1) is 0 Å². The molecule has 2 N–H and O–H groups in total. The first-order valence-electron chi connectivity index (χ1n) is 5.75. The van der Waals surface area contributed by atoms with Crippen molar-refractivity contribution in [2.45, 2.75) is 0 Å². The van der Waals surface area contributed by atoms with Crippen molar-refractivity contribution in [3.63, 3.8) is 0 Å². The number of hydrogen-bond acceptors (Lipinski definition) is 2. The van der Waals surface area contributed by atoms with E-state index in [4.69, 9.17) is 0 Å². The number of amides is 2. The summed E-state index contributed by atoms with van der Waals surface area (Å²) in [5, 5.41) is 5.24. The van der Waals surface area contributed by atoms with E-state index in [0.29, 0.717) is 5.82 Å². The smallest absolute Gasteiger partial charge is 0.314 e. The molecule has 0 unspecified atom stereocenters. The summed E-state index contributed by atoms with van der Waals surface area (Å²) in [5.41, 5.74) is 0.996. The molecule has 1 heterocycles. The fourth-order valence-corrected chi connectivity index (χ4v) is 1.89. The van der Waals surface area contributed by atoms with Gasteiger partial charge < -0.3 is 5.32 Å². The lowest BCUT2D eigenvalue weighted by molar-refractivity contribution is 0.255. The first-order chi connectivity index (χ1) is 9.63. The number of anilines is 1. The highest BCUT2D eigenvalue weighted by Crippen LogP contribution is 2.11. The average Bonchev–Trinajstić information content (AvgIpc) is 2.44. The number of pyridine rings is 1. The third-order valence-corrected chi connectivity index (χ3v) is 3.33. The van der Waals surface area contributed by atoms with Crippen molar-refractivity contribution in [3.05, 3.63) is 63.3 Å². The van der Waals surface area contributed by atoms with E-state index in [9.17, 15) is 4.79 Å². The van der Waals surface area contributed by atoms with E-state index in [1.807, 2.05) is 24.3 Å². The van der Waals surface area contributed by atoms with Gasteiger partial charge in [-0.25, -0.2) is 9.78 Å². The molecule has 1 aromatic heterocycles. The summed E-state index contributed by atoms with van der Waals surface area (Å²) < 4.78 is 1.88. The van der Waals surface area contributed by atoms with Gasteiger partial charge in [0.1, 0.15) is 5.82 Å². The lowest BCUT2D eigenvalue weighted by Crippen LogP contribution is -2.24. The highest BCUT2D eigenvalue weighted by atomic mass is 79.9. The number of hydrogen-bond donors (Lipinski definition) is 2. The van der Waals surface area contributed by atoms with Crippen LogP contribution >= 0.6 is 31.9 Å². The molecule has 102 valence electrons. The van der Waals surface area contributed by atoms with Gasteiger partial charge in [-0.15, -0.1) is 0 Å². The van der Waals surface area contributed by atoms with Gasteiger partial charge in [-0.3, -0.25) is 5.32 Å². The summed E-state index contributed by atoms with van der Waals surface area (Å²) in [5.74, 6) is 0.489. The van der Waals surface area contributed by atoms with E-state index < -0.39 is 0 Å². The summed E-state index contributed by atoms with van der Waals surface area (Å²) in [6.45, 7) is 0. The number of benzene rings is 1. The van der Waals surface area contributed by atoms with Crippen molar-refractivity contribution in [2.24, 2.45) is 0 Å². The Morgan fingerprint density at radius 1 is 1.05 bits per heavy atom. The zero-order valence-corrected chi connectivity index (χ0v) is 13.5. The molecule has 0 saturated heterocycles. The van der Waals surface area contributed by atoms with Gasteiger partial charge in [0.15, 0.2) is 0 Å². The topological polar surface area (TPSA) is 54.0 Å². The normalized spacial score (nSPS) is 10.5. The molecule has 20 heavy (non-hydrogen) atoms. The fourth-order valence-electron chi connectivity index (χ4n) is 1.39. The number of halogens is 2. The predicted molar refractivity (Wildman–Crippen MR) is 87.3 cm³/mol. The van der Waals surface area contributed by atoms with Crippen molar-refractivity contribution >= 4 is 49.8 Å². The largest absolute Gasteiger partial charge is 0.324 e. The minimum Gasteiger partial charge on any atom is -0.314 e. The van der Waals surface area contributed by atoms with Gasteiger partial charge in [-0.2, -0.15) is 0 Å². The predicted octanol–water partition coefficient (Wildman–Crippen LogP) is 4.40. The van der Waals surface area contributed by atoms with Crippen molar-refractivity contribution in [1.29, 1.82) is 0 Å². The van der Waals surface area contributed by atoms with Gasteiger partial charge in [0.2, 0.25) is 0 Å². The second kappa shape index (κ2) is 7.21. The van der Waals surface area contributed by atoms with Gasteiger partial charge in [-0.1, -0.05) is 28.1 Å². The SMILES string of the molecule is O=C(N/C=C/c1ccc(Br)cc1)Nc1ccc(Br)cn1. The molecule has 0 fully saturated rings. The first kappa shape index (κ1) is 14.7. The molecule has 0 atom stereocenters. The molecule has 1 aromatic carbocycles. The van der Waals surface area contributed by atoms with Crippen molar-refractivity contribution in [1.82, 2.24) is 10.3 Å². The number of nitrogens with one attached hydrogen (secondary N) is 2. The Bertz CT molecular complexity index is 609. The molecule has 4 nitrogen and oxygen atoms in total. The molecule has 0 radical (unpaired) electrons. The van der Waals surface area contributed by atoms with E-state index in [1.165, 1.54) is 0 Å². The standard InChI is InChI=1S/C14H11Br2N3O/c15-11-3-1-10(2-4-11)7-8-17-14(20)19-13-6-5-12(16)9-18-13/h1-9H,(H2,17,18,19,20)/b8-7+. The number of urea groups is 1. The summed E-state index contributed by atoms with van der Waals surface area (Å²) >= 11 is 6.64. The van der Waals surface area contributed by atoms with Gasteiger partial charge in [-0.05, 0) is 51.8 Å². The van der Waals surface area contributed by atoms with Crippen molar-refractivity contribution in [3.8, 4) is 0 Å². The van der Waals surface area contributed by atoms with E-state index >= 15 is 0 Å². The number of aromatic nitrogens is 1. The maximum absolute atomic E-state index is 11.6. The lowest BCUT2D eigenvalue weighted by Gasteiger charge is -2.03. The van der Waals surface area contributed by atoms with Gasteiger partial charge in [0.05, 0.1) is 0 Å². The average molecular weight is 397 g/mol. The number of rotatable bonds is 3. The third kappa shape index (κ3) is 4.79. The molecule has 0 bridgehead atoms. The molecule has 0 saturated carbocycles. The quantitative estimate of drug-likeness (QED) is 0.807. The number of nitrogens with zero attached hydrogens (tertiary/aromatic N) is 1. The number of carbonyl (C=O) groups excluding carboxylic acids is 1. The van der Waals surface area contributed by atoms with Gasteiger partial charge in [0, 0.05) is 21.3 Å². The van der Waals surface area contributed by atoms with E-state index in [-0.39, 0.29) is 6.03 Å². The summed E-state index contributed by atoms with van der Waals surface area (Å²) in [6, 6.07) is 10.9. The molecule has 0 aliphatic rings. The molecule has 6 heteroatoms. The Kier molecular flexibility index (Phi) is 5.31. The van der Waals surface area contributed by atoms with Crippen LogP contribution in [0.5, 0.6) is 0 Å². The minimum atomic E-state index is -0.340. The second-order valence-corrected chi connectivity index (χ2v) is 5.68. The van der Waals surface area contributed by atoms with E-state index in [1.54, 1.807) is 30.6 Å². The highest BCUT2D eigenvalue weighted by molar-refractivity contribution is 9.10. The molecule has 2 amide bonds. The zero-order chi connectivity index (χ0) is 14.4. The molecule has 0 aliphatic carbocycles. The highest BCUT2D eigenvalue weighted by Gasteiger charge is 1.99. The minimum absolute atomic E-state index is 0.340. The van der Waals surface area contributed by atoms with Crippen LogP contribution in [-0.4, -0.2) is 11.0 Å². The Morgan fingerprint density at radius 2 is 1.75 bits per heavy atom. The maximum atomic E-state index is 11.6. The zero-order valence-electron chi connectivity index (χ0n) is 10.3. The van der Waals surface area contributed by atoms with Crippen LogP contribution in [0.3, 0.4) is 0 Å². The fraction of sp³-hybridized carbons (Fsp3) is 0. The summed E-state index contributed by atoms with van der Waals surface area (Å²) in [4.78, 5) is 15.7. The summed E-state index contributed by atoms with van der Waals surface area (Å²) in [6.07, 6.45) is 5.01. The van der Waals surface area contributed by atoms with Crippen LogP contribution in [0.1, 0.15) is 5.56 Å². The van der Waals surface area contributed by atoms with Crippen LogP contribution in [0.25, 0.3) is 6.08 Å². The van der Waals surface area contributed by atoms with Gasteiger partial charge >= 0.3 is 6.03 Å². The first-order valence-corrected chi connectivity index (χ1v) is 7.33. The van der Waals surface area contributed by atoms with Crippen LogP contribution < -0.4 is 10.6 Å². The molecular formula is C14H11Br2N3O. The van der Waals surface area contributed by atoms with Crippen LogP contribution in [0.2, 0.25) is 0 Å². The van der Waals surface area contributed by atoms with Crippen molar-refractivity contribution in [2.75, 3.05) is 5.32 Å². The van der Waals surface area contributed by atoms with Crippen molar-refractivity contribution < 1.29 is 4.79 Å². The monoisotopic (exact) mass is 395 g/mol. The Morgan fingerprint density at radius 3 is 2.40 bits per heavy atom. The Hall–Kier alpha value is -1.66. The molecular weight excluding hydrogens is 386 g/mol. The maximum Gasteiger partial charge on any atom is 0.324 e. The second-order valence-electron chi connectivity index (χ2n) is 3.85. The molecule has 0 aliphatic heterocycles. The van der Waals surface area contributed by atoms with E-state index in [2.05, 4.69) is 47.5 Å². The summed E-state index contributed by atoms with van der Waals surface area (Å²) in [7, 11) is 0. The van der Waals surface area contributed by atoms with Gasteiger partial charge in [0.25, 0.3) is 0 Å². The Labute approximate surface area is 133 Å². The third-order valence-electron chi connectivity index (χ3n) is 2.33. The Balaban J connectivity index is 1.85. The number of carbonyl (C=O) groups is 1. The molecule has 2 aromatic rings.